The summed E-state index contributed by atoms with van der Waals surface area (Å²) in [6.07, 6.45) is 0. The summed E-state index contributed by atoms with van der Waals surface area (Å²) < 4.78 is 5.36. The number of rotatable bonds is 4. The van der Waals surface area contributed by atoms with E-state index in [2.05, 4.69) is 5.32 Å². The second-order valence-electron chi connectivity index (χ2n) is 4.33. The number of ether oxygens (including phenoxy) is 1. The quantitative estimate of drug-likeness (QED) is 0.850. The molecule has 0 unspecified atom stereocenters. The topological polar surface area (TPSA) is 38.3 Å². The Hall–Kier alpha value is -1.42. The van der Waals surface area contributed by atoms with Gasteiger partial charge in [0.25, 0.3) is 5.91 Å². The van der Waals surface area contributed by atoms with Crippen LogP contribution in [0.1, 0.15) is 5.56 Å². The highest BCUT2D eigenvalue weighted by atomic mass is 35.5. The molecule has 0 aliphatic carbocycles. The number of nitrogens with one attached hydrogen (secondary N) is 1. The smallest absolute Gasteiger partial charge is 0.262 e. The third-order valence-corrected chi connectivity index (χ3v) is 3.95. The van der Waals surface area contributed by atoms with Gasteiger partial charge in [-0.15, -0.1) is 0 Å². The number of anilines is 1. The lowest BCUT2D eigenvalue weighted by atomic mass is 10.2. The van der Waals surface area contributed by atoms with Crippen molar-refractivity contribution in [2.24, 2.45) is 0 Å². The molecule has 0 saturated heterocycles. The van der Waals surface area contributed by atoms with E-state index < -0.39 is 0 Å². The molecule has 2 aromatic carbocycles. The zero-order valence-electron chi connectivity index (χ0n) is 11.1. The molecule has 2 aromatic rings. The predicted octanol–water partition coefficient (Wildman–Crippen LogP) is 4.97. The first-order valence-electron chi connectivity index (χ1n) is 6.10. The minimum Gasteiger partial charge on any atom is -0.484 e. The van der Waals surface area contributed by atoms with Gasteiger partial charge in [0.1, 0.15) is 5.75 Å². The average Bonchev–Trinajstić information content (AvgIpc) is 2.45. The molecule has 21 heavy (non-hydrogen) atoms. The Balaban J connectivity index is 1.96. The first-order chi connectivity index (χ1) is 9.97. The van der Waals surface area contributed by atoms with Crippen molar-refractivity contribution in [1.29, 1.82) is 0 Å². The molecule has 0 atom stereocenters. The minimum absolute atomic E-state index is 0.135. The summed E-state index contributed by atoms with van der Waals surface area (Å²) in [6, 6.07) is 10.1. The molecule has 0 heterocycles. The minimum atomic E-state index is -0.286. The van der Waals surface area contributed by atoms with Crippen molar-refractivity contribution in [2.75, 3.05) is 11.9 Å². The molecular weight excluding hydrogens is 333 g/mol. The van der Waals surface area contributed by atoms with E-state index in [0.29, 0.717) is 26.5 Å². The normalized spacial score (nSPS) is 10.3. The molecular formula is C15H12Cl3NO2. The van der Waals surface area contributed by atoms with Crippen LogP contribution in [0.15, 0.2) is 36.4 Å². The Morgan fingerprint density at radius 2 is 1.86 bits per heavy atom. The van der Waals surface area contributed by atoms with Crippen LogP contribution in [0.3, 0.4) is 0 Å². The number of benzene rings is 2. The summed E-state index contributed by atoms with van der Waals surface area (Å²) in [5.41, 5.74) is 1.47. The average molecular weight is 345 g/mol. The van der Waals surface area contributed by atoms with Crippen molar-refractivity contribution in [1.82, 2.24) is 0 Å². The van der Waals surface area contributed by atoms with Crippen LogP contribution in [0.4, 0.5) is 5.69 Å². The van der Waals surface area contributed by atoms with Gasteiger partial charge in [-0.2, -0.15) is 0 Å². The molecule has 0 saturated carbocycles. The Kier molecular flexibility index (Phi) is 5.34. The molecule has 110 valence electrons. The molecule has 0 aliphatic rings. The zero-order valence-corrected chi connectivity index (χ0v) is 13.4. The summed E-state index contributed by atoms with van der Waals surface area (Å²) in [6.45, 7) is 1.70. The molecule has 2 rings (SSSR count). The van der Waals surface area contributed by atoms with Gasteiger partial charge < -0.3 is 10.1 Å². The van der Waals surface area contributed by atoms with Crippen molar-refractivity contribution in [2.45, 2.75) is 6.92 Å². The molecule has 0 bridgehead atoms. The zero-order chi connectivity index (χ0) is 15.4. The van der Waals surface area contributed by atoms with Crippen molar-refractivity contribution < 1.29 is 9.53 Å². The van der Waals surface area contributed by atoms with Gasteiger partial charge in [0, 0.05) is 16.8 Å². The van der Waals surface area contributed by atoms with Crippen LogP contribution in [0, 0.1) is 6.92 Å². The summed E-state index contributed by atoms with van der Waals surface area (Å²) in [7, 11) is 0. The second kappa shape index (κ2) is 7.03. The third kappa shape index (κ3) is 4.27. The van der Waals surface area contributed by atoms with Crippen LogP contribution in [0.2, 0.25) is 15.1 Å². The van der Waals surface area contributed by atoms with Crippen LogP contribution >= 0.6 is 34.8 Å². The van der Waals surface area contributed by atoms with E-state index >= 15 is 0 Å². The summed E-state index contributed by atoms with van der Waals surface area (Å²) >= 11 is 17.7. The molecule has 3 nitrogen and oxygen atoms in total. The highest BCUT2D eigenvalue weighted by Crippen LogP contribution is 2.26. The van der Waals surface area contributed by atoms with E-state index in [-0.39, 0.29) is 12.5 Å². The summed E-state index contributed by atoms with van der Waals surface area (Å²) in [5.74, 6) is 0.189. The number of halogens is 3. The molecule has 1 N–H and O–H groups in total. The highest BCUT2D eigenvalue weighted by molar-refractivity contribution is 6.42. The fourth-order valence-electron chi connectivity index (χ4n) is 1.64. The fraction of sp³-hybridized carbons (Fsp3) is 0.133. The van der Waals surface area contributed by atoms with E-state index in [0.717, 1.165) is 5.56 Å². The van der Waals surface area contributed by atoms with Crippen molar-refractivity contribution in [3.63, 3.8) is 0 Å². The Morgan fingerprint density at radius 1 is 1.10 bits per heavy atom. The number of hydrogen-bond acceptors (Lipinski definition) is 2. The molecule has 0 spiro atoms. The molecule has 0 aromatic heterocycles. The van der Waals surface area contributed by atoms with Crippen LogP contribution in [-0.4, -0.2) is 12.5 Å². The molecule has 1 amide bonds. The molecule has 0 radical (unpaired) electrons. The maximum absolute atomic E-state index is 11.9. The van der Waals surface area contributed by atoms with E-state index in [1.54, 1.807) is 36.4 Å². The fourth-order valence-corrected chi connectivity index (χ4v) is 2.11. The van der Waals surface area contributed by atoms with Gasteiger partial charge in [0.05, 0.1) is 10.0 Å². The molecule has 6 heteroatoms. The predicted molar refractivity (Wildman–Crippen MR) is 86.8 cm³/mol. The second-order valence-corrected chi connectivity index (χ2v) is 5.55. The van der Waals surface area contributed by atoms with Crippen molar-refractivity contribution in [3.8, 4) is 5.75 Å². The third-order valence-electron chi connectivity index (χ3n) is 2.80. The van der Waals surface area contributed by atoms with E-state index in [1.807, 2.05) is 6.92 Å². The first kappa shape index (κ1) is 16.0. The summed E-state index contributed by atoms with van der Waals surface area (Å²) in [4.78, 5) is 11.9. The van der Waals surface area contributed by atoms with Gasteiger partial charge in [-0.05, 0) is 36.8 Å². The first-order valence-corrected chi connectivity index (χ1v) is 7.23. The van der Waals surface area contributed by atoms with Crippen molar-refractivity contribution >= 4 is 46.4 Å². The largest absolute Gasteiger partial charge is 0.484 e. The monoisotopic (exact) mass is 343 g/mol. The van der Waals surface area contributed by atoms with E-state index in [1.165, 1.54) is 0 Å². The summed E-state index contributed by atoms with van der Waals surface area (Å²) in [5, 5.41) is 4.14. The van der Waals surface area contributed by atoms with E-state index in [4.69, 9.17) is 39.5 Å². The van der Waals surface area contributed by atoms with Gasteiger partial charge in [-0.1, -0.05) is 40.9 Å². The Morgan fingerprint density at radius 3 is 2.57 bits per heavy atom. The van der Waals surface area contributed by atoms with Gasteiger partial charge in [0.15, 0.2) is 6.61 Å². The van der Waals surface area contributed by atoms with Crippen LogP contribution < -0.4 is 10.1 Å². The van der Waals surface area contributed by atoms with E-state index in [9.17, 15) is 4.79 Å². The maximum Gasteiger partial charge on any atom is 0.262 e. The van der Waals surface area contributed by atoms with Gasteiger partial charge in [-0.25, -0.2) is 0 Å². The number of carbonyl (C=O) groups excluding carboxylic acids is 1. The Labute approximate surface area is 137 Å². The Bertz CT molecular complexity index is 674. The lowest BCUT2D eigenvalue weighted by Crippen LogP contribution is -2.20. The van der Waals surface area contributed by atoms with Gasteiger partial charge in [-0.3, -0.25) is 4.79 Å². The molecule has 0 aliphatic heterocycles. The number of hydrogen-bond donors (Lipinski definition) is 1. The highest BCUT2D eigenvalue weighted by Gasteiger charge is 2.08. The molecule has 0 fully saturated rings. The van der Waals surface area contributed by atoms with Crippen molar-refractivity contribution in [3.05, 3.63) is 57.0 Å². The van der Waals surface area contributed by atoms with Crippen LogP contribution in [0.25, 0.3) is 0 Å². The number of amides is 1. The standard InChI is InChI=1S/C15H12Cl3NO2/c1-9-11(16)3-2-4-14(9)19-15(20)8-21-10-5-6-12(17)13(18)7-10/h2-7H,8H2,1H3,(H,19,20). The maximum atomic E-state index is 11.9. The van der Waals surface area contributed by atoms with Crippen LogP contribution in [-0.2, 0) is 4.79 Å². The number of carbonyl (C=O) groups is 1. The van der Waals surface area contributed by atoms with Crippen LogP contribution in [0.5, 0.6) is 5.75 Å². The lowest BCUT2D eigenvalue weighted by Gasteiger charge is -2.10. The van der Waals surface area contributed by atoms with Gasteiger partial charge >= 0.3 is 0 Å². The SMILES string of the molecule is Cc1c(Cl)cccc1NC(=O)COc1ccc(Cl)c(Cl)c1. The van der Waals surface area contributed by atoms with Gasteiger partial charge in [0.2, 0.25) is 0 Å². The lowest BCUT2D eigenvalue weighted by molar-refractivity contribution is -0.118.